The first-order valence-corrected chi connectivity index (χ1v) is 9.38. The molecular weight excluding hydrogens is 368 g/mol. The fourth-order valence-corrected chi connectivity index (χ4v) is 3.31. The van der Waals surface area contributed by atoms with E-state index in [-0.39, 0.29) is 11.8 Å². The lowest BCUT2D eigenvalue weighted by Crippen LogP contribution is -2.34. The van der Waals surface area contributed by atoms with Crippen LogP contribution in [0.25, 0.3) is 5.69 Å². The quantitative estimate of drug-likeness (QED) is 0.713. The van der Waals surface area contributed by atoms with Gasteiger partial charge in [0, 0.05) is 5.69 Å². The molecule has 29 heavy (non-hydrogen) atoms. The van der Waals surface area contributed by atoms with Crippen molar-refractivity contribution in [2.75, 3.05) is 10.6 Å². The Morgan fingerprint density at radius 3 is 2.76 bits per heavy atom. The van der Waals surface area contributed by atoms with E-state index in [0.29, 0.717) is 22.7 Å². The number of fused-ring (bicyclic) bond motifs is 1. The zero-order chi connectivity index (χ0) is 20.7. The van der Waals surface area contributed by atoms with Crippen LogP contribution in [0.4, 0.5) is 11.4 Å². The summed E-state index contributed by atoms with van der Waals surface area (Å²) in [6.07, 6.45) is 1.03. The summed E-state index contributed by atoms with van der Waals surface area (Å²) >= 11 is 0. The Morgan fingerprint density at radius 1 is 1.17 bits per heavy atom. The Labute approximate surface area is 168 Å². The van der Waals surface area contributed by atoms with Gasteiger partial charge in [0.25, 0.3) is 11.8 Å². The molecule has 0 radical (unpaired) electrons. The molecule has 4 rings (SSSR count). The number of ether oxygens (including phenoxy) is 1. The van der Waals surface area contributed by atoms with E-state index < -0.39 is 6.10 Å². The molecule has 2 N–H and O–H groups in total. The summed E-state index contributed by atoms with van der Waals surface area (Å²) < 4.78 is 7.32. The van der Waals surface area contributed by atoms with Gasteiger partial charge in [0.15, 0.2) is 6.10 Å². The summed E-state index contributed by atoms with van der Waals surface area (Å²) in [7, 11) is 0. The second-order valence-electron chi connectivity index (χ2n) is 7.26. The molecule has 2 heterocycles. The monoisotopic (exact) mass is 390 g/mol. The van der Waals surface area contributed by atoms with E-state index in [1.807, 2.05) is 39.0 Å². The molecule has 7 nitrogen and oxygen atoms in total. The van der Waals surface area contributed by atoms with E-state index in [1.165, 1.54) is 0 Å². The predicted octanol–water partition coefficient (Wildman–Crippen LogP) is 3.77. The lowest BCUT2D eigenvalue weighted by molar-refractivity contribution is -0.122. The number of nitrogens with zero attached hydrogens (tertiary/aromatic N) is 2. The summed E-state index contributed by atoms with van der Waals surface area (Å²) in [6.45, 7) is 7.59. The second-order valence-corrected chi connectivity index (χ2v) is 7.26. The van der Waals surface area contributed by atoms with Gasteiger partial charge in [0.1, 0.15) is 5.75 Å². The number of carbonyl (C=O) groups excluding carboxylic acids is 2. The average Bonchev–Trinajstić information content (AvgIpc) is 3.06. The summed E-state index contributed by atoms with van der Waals surface area (Å²) in [6, 6.07) is 11.3. The lowest BCUT2D eigenvalue weighted by atomic mass is 10.1. The Kier molecular flexibility index (Phi) is 4.58. The molecule has 1 aliphatic heterocycles. The number of nitrogens with one attached hydrogen (secondary N) is 2. The molecule has 1 aromatic heterocycles. The van der Waals surface area contributed by atoms with E-state index in [9.17, 15) is 9.59 Å². The van der Waals surface area contributed by atoms with E-state index in [0.717, 1.165) is 22.5 Å². The number of hydrogen-bond acceptors (Lipinski definition) is 4. The first kappa shape index (κ1) is 18.7. The van der Waals surface area contributed by atoms with Gasteiger partial charge >= 0.3 is 0 Å². The van der Waals surface area contributed by atoms with Crippen molar-refractivity contribution in [3.63, 3.8) is 0 Å². The van der Waals surface area contributed by atoms with Crippen LogP contribution in [0.2, 0.25) is 0 Å². The van der Waals surface area contributed by atoms with E-state index in [1.54, 1.807) is 36.0 Å². The van der Waals surface area contributed by atoms with E-state index in [4.69, 9.17) is 4.74 Å². The van der Waals surface area contributed by atoms with Gasteiger partial charge in [-0.15, -0.1) is 0 Å². The zero-order valence-corrected chi connectivity index (χ0v) is 16.7. The Morgan fingerprint density at radius 2 is 1.97 bits per heavy atom. The number of amides is 2. The van der Waals surface area contributed by atoms with Crippen LogP contribution in [0.15, 0.2) is 42.6 Å². The predicted molar refractivity (Wildman–Crippen MR) is 111 cm³/mol. The molecule has 1 aliphatic rings. The zero-order valence-electron chi connectivity index (χ0n) is 16.7. The smallest absolute Gasteiger partial charge is 0.265 e. The fraction of sp³-hybridized carbons (Fsp3) is 0.227. The molecule has 0 spiro atoms. The Hall–Kier alpha value is -3.61. The van der Waals surface area contributed by atoms with Crippen molar-refractivity contribution in [3.8, 4) is 11.4 Å². The van der Waals surface area contributed by atoms with Gasteiger partial charge in [0.05, 0.1) is 28.8 Å². The van der Waals surface area contributed by atoms with Crippen LogP contribution >= 0.6 is 0 Å². The normalized spacial score (nSPS) is 15.3. The molecule has 3 aromatic rings. The van der Waals surface area contributed by atoms with Crippen molar-refractivity contribution in [1.82, 2.24) is 9.78 Å². The minimum absolute atomic E-state index is 0.216. The first-order valence-electron chi connectivity index (χ1n) is 9.38. The molecule has 7 heteroatoms. The average molecular weight is 390 g/mol. The third-order valence-electron chi connectivity index (χ3n) is 5.02. The van der Waals surface area contributed by atoms with Gasteiger partial charge in [-0.3, -0.25) is 9.59 Å². The van der Waals surface area contributed by atoms with Gasteiger partial charge in [-0.2, -0.15) is 5.10 Å². The minimum Gasteiger partial charge on any atom is -0.479 e. The standard InChI is InChI=1S/C22H22N4O3/c1-12-5-6-13(2)19(9-12)26-14(3)17(11-23-26)22(28)24-16-7-8-20-18(10-16)25-21(27)15(4)29-20/h5-11,15H,1-4H3,(H,24,28)(H,25,27)/t15-/m0/s1. The summed E-state index contributed by atoms with van der Waals surface area (Å²) in [4.78, 5) is 24.6. The topological polar surface area (TPSA) is 85.3 Å². The van der Waals surface area contributed by atoms with Crippen LogP contribution in [-0.2, 0) is 4.79 Å². The van der Waals surface area contributed by atoms with Gasteiger partial charge in [-0.25, -0.2) is 4.68 Å². The highest BCUT2D eigenvalue weighted by Gasteiger charge is 2.24. The fourth-order valence-electron chi connectivity index (χ4n) is 3.31. The second kappa shape index (κ2) is 7.09. The maximum atomic E-state index is 12.8. The molecule has 1 atom stereocenters. The van der Waals surface area contributed by atoms with Crippen molar-refractivity contribution in [3.05, 3.63) is 65.0 Å². The molecule has 0 saturated heterocycles. The maximum absolute atomic E-state index is 12.8. The largest absolute Gasteiger partial charge is 0.479 e. The van der Waals surface area contributed by atoms with Crippen molar-refractivity contribution in [2.24, 2.45) is 0 Å². The molecule has 2 aromatic carbocycles. The highest BCUT2D eigenvalue weighted by atomic mass is 16.5. The number of rotatable bonds is 3. The number of carbonyl (C=O) groups is 2. The molecule has 0 fully saturated rings. The number of aryl methyl sites for hydroxylation is 2. The van der Waals surface area contributed by atoms with Crippen LogP contribution in [0.3, 0.4) is 0 Å². The lowest BCUT2D eigenvalue weighted by Gasteiger charge is -2.23. The van der Waals surface area contributed by atoms with Crippen molar-refractivity contribution < 1.29 is 14.3 Å². The first-order chi connectivity index (χ1) is 13.8. The van der Waals surface area contributed by atoms with Crippen LogP contribution in [0.1, 0.15) is 34.1 Å². The SMILES string of the molecule is Cc1ccc(C)c(-n2ncc(C(=O)Nc3ccc4c(c3)NC(=O)[C@H](C)O4)c2C)c1. The van der Waals surface area contributed by atoms with Crippen LogP contribution < -0.4 is 15.4 Å². The van der Waals surface area contributed by atoms with Gasteiger partial charge < -0.3 is 15.4 Å². The van der Waals surface area contributed by atoms with E-state index >= 15 is 0 Å². The highest BCUT2D eigenvalue weighted by Crippen LogP contribution is 2.32. The molecule has 2 amide bonds. The van der Waals surface area contributed by atoms with Crippen LogP contribution in [0, 0.1) is 20.8 Å². The Bertz CT molecular complexity index is 1130. The Balaban J connectivity index is 1.59. The summed E-state index contributed by atoms with van der Waals surface area (Å²) in [5.41, 5.74) is 5.48. The van der Waals surface area contributed by atoms with Crippen molar-refractivity contribution in [2.45, 2.75) is 33.8 Å². The number of aromatic nitrogens is 2. The molecule has 0 aliphatic carbocycles. The van der Waals surface area contributed by atoms with Crippen LogP contribution in [0.5, 0.6) is 5.75 Å². The number of anilines is 2. The van der Waals surface area contributed by atoms with Gasteiger partial charge in [0.2, 0.25) is 0 Å². The molecular formula is C22H22N4O3. The number of hydrogen-bond donors (Lipinski definition) is 2. The van der Waals surface area contributed by atoms with Crippen LogP contribution in [-0.4, -0.2) is 27.7 Å². The van der Waals surface area contributed by atoms with Crippen molar-refractivity contribution >= 4 is 23.2 Å². The summed E-state index contributed by atoms with van der Waals surface area (Å²) in [5.74, 6) is 0.0936. The minimum atomic E-state index is -0.540. The van der Waals surface area contributed by atoms with E-state index in [2.05, 4.69) is 15.7 Å². The summed E-state index contributed by atoms with van der Waals surface area (Å²) in [5, 5.41) is 10.1. The third kappa shape index (κ3) is 3.47. The third-order valence-corrected chi connectivity index (χ3v) is 5.02. The molecule has 0 bridgehead atoms. The van der Waals surface area contributed by atoms with Gasteiger partial charge in [-0.1, -0.05) is 12.1 Å². The molecule has 148 valence electrons. The van der Waals surface area contributed by atoms with Crippen molar-refractivity contribution in [1.29, 1.82) is 0 Å². The molecule has 0 saturated carbocycles. The number of benzene rings is 2. The maximum Gasteiger partial charge on any atom is 0.265 e. The highest BCUT2D eigenvalue weighted by molar-refractivity contribution is 6.06. The van der Waals surface area contributed by atoms with Gasteiger partial charge in [-0.05, 0) is 63.1 Å². The molecule has 0 unspecified atom stereocenters.